The smallest absolute Gasteiger partial charge is 0.347 e. The highest BCUT2D eigenvalue weighted by Gasteiger charge is 2.66. The zero-order valence-electron chi connectivity index (χ0n) is 56.5. The fourth-order valence-corrected chi connectivity index (χ4v) is 23.6. The summed E-state index contributed by atoms with van der Waals surface area (Å²) in [6.07, 6.45) is 7.87. The van der Waals surface area contributed by atoms with E-state index in [1.54, 1.807) is 39.8 Å². The molecule has 0 radical (unpaired) electrons. The fourth-order valence-electron chi connectivity index (χ4n) is 21.5. The summed E-state index contributed by atoms with van der Waals surface area (Å²) in [6, 6.07) is 28.1. The molecule has 3 aromatic carbocycles. The van der Waals surface area contributed by atoms with Crippen LogP contribution < -0.4 is 4.74 Å². The molecule has 0 aromatic heterocycles. The van der Waals surface area contributed by atoms with Crippen molar-refractivity contribution in [1.82, 2.24) is 0 Å². The lowest BCUT2D eigenvalue weighted by Gasteiger charge is -2.62. The predicted molar refractivity (Wildman–Crippen MR) is 347 cm³/mol. The van der Waals surface area contributed by atoms with Gasteiger partial charge < -0.3 is 38.6 Å². The molecule has 92 heavy (non-hydrogen) atoms. The van der Waals surface area contributed by atoms with Crippen LogP contribution in [0.2, 0.25) is 0 Å². The Morgan fingerprint density at radius 1 is 0.641 bits per heavy atom. The van der Waals surface area contributed by atoms with Crippen molar-refractivity contribution >= 4 is 46.7 Å². The van der Waals surface area contributed by atoms with Crippen molar-refractivity contribution in [2.75, 3.05) is 6.61 Å². The molecule has 11 fully saturated rings. The molecule has 14 rings (SSSR count). The lowest BCUT2D eigenvalue weighted by atomic mass is 9.47. The van der Waals surface area contributed by atoms with E-state index in [1.165, 1.54) is 6.42 Å². The first-order valence-corrected chi connectivity index (χ1v) is 36.1. The predicted octanol–water partition coefficient (Wildman–Crippen LogP) is 14.2. The van der Waals surface area contributed by atoms with Gasteiger partial charge in [-0.25, -0.2) is 4.79 Å². The van der Waals surface area contributed by atoms with Crippen molar-refractivity contribution in [3.8, 4) is 5.75 Å². The zero-order valence-corrected chi connectivity index (χ0v) is 57.3. The van der Waals surface area contributed by atoms with E-state index in [0.717, 1.165) is 59.6 Å². The second kappa shape index (κ2) is 24.7. The van der Waals surface area contributed by atoms with Gasteiger partial charge in [-0.3, -0.25) is 24.0 Å². The summed E-state index contributed by atoms with van der Waals surface area (Å²) in [4.78, 5) is 94.0. The molecule has 1 aliphatic heterocycles. The number of benzene rings is 3. The van der Waals surface area contributed by atoms with E-state index in [-0.39, 0.29) is 111 Å². The van der Waals surface area contributed by atoms with Crippen LogP contribution in [0.15, 0.2) is 99.6 Å². The van der Waals surface area contributed by atoms with Crippen molar-refractivity contribution in [2.45, 2.75) is 247 Å². The van der Waals surface area contributed by atoms with E-state index >= 15 is 19.2 Å². The fraction of sp³-hybridized carbons (Fsp3) is 0.688. The van der Waals surface area contributed by atoms with Crippen LogP contribution in [0.4, 0.5) is 0 Å². The van der Waals surface area contributed by atoms with Crippen LogP contribution >= 0.6 is 0 Å². The summed E-state index contributed by atoms with van der Waals surface area (Å²) in [5, 5.41) is 24.1. The Labute approximate surface area is 548 Å². The van der Waals surface area contributed by atoms with Gasteiger partial charge in [0, 0.05) is 12.8 Å². The Morgan fingerprint density at radius 2 is 1.18 bits per heavy atom. The lowest BCUT2D eigenvalue weighted by Crippen LogP contribution is -2.63. The first-order chi connectivity index (χ1) is 43.3. The van der Waals surface area contributed by atoms with Crippen LogP contribution in [0.3, 0.4) is 0 Å². The number of rotatable bonds is 23. The molecular weight excluding hydrogens is 1180 g/mol. The molecule has 1 saturated heterocycles. The van der Waals surface area contributed by atoms with Crippen LogP contribution in [0.25, 0.3) is 0 Å². The van der Waals surface area contributed by atoms with Crippen LogP contribution in [-0.2, 0) is 63.3 Å². The van der Waals surface area contributed by atoms with Crippen LogP contribution in [-0.4, -0.2) is 87.2 Å². The Bertz CT molecular complexity index is 3160. The third kappa shape index (κ3) is 13.1. The number of cyclic esters (lactones) is 1. The molecule has 3 aromatic rings. The molecule has 0 spiro atoms. The highest BCUT2D eigenvalue weighted by atomic mass is 32.2. The van der Waals surface area contributed by atoms with Gasteiger partial charge in [0.05, 0.1) is 57.3 Å². The van der Waals surface area contributed by atoms with Gasteiger partial charge in [-0.2, -0.15) is 0 Å². The van der Waals surface area contributed by atoms with Crippen molar-refractivity contribution < 1.29 is 67.4 Å². The standard InChI is InChI=1S/C77H103O14S/c1-46(2)77(53-30-48-28-49(32-53)33-54(77)31-48)91-68(83)72(9,41-61-47(3)52-34-59(61)60(35-52)62(78)36-64(79)89-70(4,5)6)43-74(11,67(82)88-63-26-27-86-65(63)80)44-73(10,69(84)90-76-39-50-29-51(40-76)38-75(85,37-50)45-76)42-71(7,8)66(81)87-55-22-24-58(25-23-55)92(56-18-14-12-15-19-56)57-20-16-13-17-21-57/h12-25,46-54,59-63,78,85H,26-45H2,1-11H3/q+1. The number of fused-ring (bicyclic) bond motifs is 2. The minimum atomic E-state index is -1.75. The molecule has 11 aliphatic rings. The number of ether oxygens (including phenoxy) is 6. The largest absolute Gasteiger partial charge is 0.463 e. The summed E-state index contributed by atoms with van der Waals surface area (Å²) in [5.41, 5.74) is -9.72. The summed E-state index contributed by atoms with van der Waals surface area (Å²) in [6.45, 7) is 21.0. The molecule has 2 N–H and O–H groups in total. The van der Waals surface area contributed by atoms with Crippen LogP contribution in [0, 0.1) is 92.7 Å². The topological polar surface area (TPSA) is 198 Å². The Hall–Kier alpha value is -5.25. The Balaban J connectivity index is 0.909. The zero-order chi connectivity index (χ0) is 65.7. The van der Waals surface area contributed by atoms with Gasteiger partial charge in [0.2, 0.25) is 6.10 Å². The molecule has 14 nitrogen and oxygen atoms in total. The number of hydrogen-bond donors (Lipinski definition) is 2. The maximum absolute atomic E-state index is 16.6. The number of aliphatic hydroxyl groups excluding tert-OH is 1. The molecule has 10 aliphatic carbocycles. The molecule has 12 atom stereocenters. The highest BCUT2D eigenvalue weighted by Crippen LogP contribution is 2.65. The molecule has 15 heteroatoms. The van der Waals surface area contributed by atoms with Gasteiger partial charge in [0.1, 0.15) is 22.6 Å². The SMILES string of the molecule is CC1C2CC(C(O)CC(=O)OC(C)(C)C)C(C2)C1CC(C)(CC(C)(CC(C)(CC(C)(C)C(=O)Oc1ccc([S+](c2ccccc2)c2ccccc2)cc1)C(=O)OC12CC3CC(CC(O)(C3)C1)C2)C(=O)OC1CCOC1=O)C(=O)OC1(C(C)C)C2CC3CC(C2)CC1C3. The quantitative estimate of drug-likeness (QED) is 0.0393. The molecule has 500 valence electrons. The molecule has 0 amide bonds. The first-order valence-electron chi connectivity index (χ1n) is 34.9. The van der Waals surface area contributed by atoms with E-state index in [4.69, 9.17) is 28.4 Å². The first kappa shape index (κ1) is 66.8. The van der Waals surface area contributed by atoms with E-state index in [1.807, 2.05) is 76.2 Å². The number of esters is 6. The summed E-state index contributed by atoms with van der Waals surface area (Å²) in [5.74, 6) is -1.54. The average Bonchev–Trinajstić information content (AvgIpc) is 0.900. The minimum absolute atomic E-state index is 0.00859. The Kier molecular flexibility index (Phi) is 18.0. The number of hydrogen-bond acceptors (Lipinski definition) is 14. The van der Waals surface area contributed by atoms with Gasteiger partial charge in [-0.05, 0) is 278 Å². The molecule has 10 bridgehead atoms. The van der Waals surface area contributed by atoms with Gasteiger partial charge in [0.25, 0.3) is 0 Å². The summed E-state index contributed by atoms with van der Waals surface area (Å²) >= 11 is 0. The number of carbonyl (C=O) groups is 6. The molecule has 1 heterocycles. The normalized spacial score (nSPS) is 34.8. The maximum atomic E-state index is 16.6. The van der Waals surface area contributed by atoms with Crippen molar-refractivity contribution in [3.63, 3.8) is 0 Å². The lowest BCUT2D eigenvalue weighted by molar-refractivity contribution is -0.235. The number of carbonyl (C=O) groups excluding carboxylic acids is 6. The van der Waals surface area contributed by atoms with Crippen molar-refractivity contribution in [1.29, 1.82) is 0 Å². The van der Waals surface area contributed by atoms with Gasteiger partial charge >= 0.3 is 35.8 Å². The third-order valence-electron chi connectivity index (χ3n) is 24.3. The van der Waals surface area contributed by atoms with E-state index < -0.39 is 103 Å². The van der Waals surface area contributed by atoms with Gasteiger partial charge in [0.15, 0.2) is 14.7 Å². The molecular formula is C77H103O14S+. The van der Waals surface area contributed by atoms with Crippen LogP contribution in [0.5, 0.6) is 5.75 Å². The molecule has 10 saturated carbocycles. The second-order valence-electron chi connectivity index (χ2n) is 33.8. The van der Waals surface area contributed by atoms with Gasteiger partial charge in [-0.1, -0.05) is 57.2 Å². The van der Waals surface area contributed by atoms with Crippen LogP contribution in [0.1, 0.15) is 198 Å². The van der Waals surface area contributed by atoms with Crippen molar-refractivity contribution in [3.05, 3.63) is 84.9 Å². The average molecular weight is 1280 g/mol. The summed E-state index contributed by atoms with van der Waals surface area (Å²) in [7, 11) is -0.454. The van der Waals surface area contributed by atoms with E-state index in [0.29, 0.717) is 43.3 Å². The Morgan fingerprint density at radius 3 is 1.72 bits per heavy atom. The second-order valence-corrected chi connectivity index (χ2v) is 35.9. The maximum Gasteiger partial charge on any atom is 0.347 e. The van der Waals surface area contributed by atoms with E-state index in [9.17, 15) is 19.8 Å². The minimum Gasteiger partial charge on any atom is -0.463 e. The number of aliphatic hydroxyl groups is 2. The van der Waals surface area contributed by atoms with Gasteiger partial charge in [-0.15, -0.1) is 0 Å². The van der Waals surface area contributed by atoms with E-state index in [2.05, 4.69) is 45.0 Å². The molecule has 12 unspecified atom stereocenters. The highest BCUT2D eigenvalue weighted by molar-refractivity contribution is 7.97. The van der Waals surface area contributed by atoms with Crippen molar-refractivity contribution in [2.24, 2.45) is 92.7 Å². The monoisotopic (exact) mass is 1280 g/mol. The third-order valence-corrected chi connectivity index (χ3v) is 26.5. The summed E-state index contributed by atoms with van der Waals surface area (Å²) < 4.78 is 38.2.